The Morgan fingerprint density at radius 1 is 0.419 bits per heavy atom. The maximum Gasteiger partial charge on any atom is 0.306 e. The smallest absolute Gasteiger partial charge is 0.306 e. The average Bonchev–Trinajstić information content (AvgIpc) is 3.37. The van der Waals surface area contributed by atoms with Crippen molar-refractivity contribution in [3.05, 3.63) is 85.1 Å². The Kier molecular flexibility index (Phi) is 53.0. The zero-order valence-corrected chi connectivity index (χ0v) is 48.4. The highest BCUT2D eigenvalue weighted by Crippen LogP contribution is 2.16. The van der Waals surface area contributed by atoms with Crippen molar-refractivity contribution in [2.24, 2.45) is 0 Å². The van der Waals surface area contributed by atoms with Crippen molar-refractivity contribution in [2.45, 2.75) is 264 Å². The summed E-state index contributed by atoms with van der Waals surface area (Å²) in [5.74, 6) is -2.30. The maximum atomic E-state index is 12.9. The lowest BCUT2D eigenvalue weighted by Gasteiger charge is -2.26. The number of carbonyl (C=O) groups is 3. The van der Waals surface area contributed by atoms with E-state index in [2.05, 4.69) is 98.9 Å². The quantitative estimate of drug-likeness (QED) is 0.0195. The number of allylic oxidation sites excluding steroid dienone is 14. The van der Waals surface area contributed by atoms with Gasteiger partial charge in [-0.2, -0.15) is 0 Å². The van der Waals surface area contributed by atoms with E-state index >= 15 is 0 Å². The largest absolute Gasteiger partial charge is 0.545 e. The highest BCUT2D eigenvalue weighted by atomic mass is 16.7. The first-order valence-electron chi connectivity index (χ1n) is 30.2. The van der Waals surface area contributed by atoms with Crippen LogP contribution in [0, 0.1) is 0 Å². The zero-order valence-electron chi connectivity index (χ0n) is 48.4. The highest BCUT2D eigenvalue weighted by Gasteiger charge is 2.22. The van der Waals surface area contributed by atoms with Crippen LogP contribution in [0.5, 0.6) is 0 Å². The first-order chi connectivity index (χ1) is 36.1. The van der Waals surface area contributed by atoms with Crippen LogP contribution >= 0.6 is 0 Å². The molecule has 0 heterocycles. The summed E-state index contributed by atoms with van der Waals surface area (Å²) in [5, 5.41) is 11.8. The summed E-state index contributed by atoms with van der Waals surface area (Å²) in [6.07, 6.45) is 70.7. The number of carboxylic acids is 1. The molecular weight excluding hydrogens is 923 g/mol. The molecule has 0 fully saturated rings. The number of hydrogen-bond donors (Lipinski definition) is 0. The third-order valence-electron chi connectivity index (χ3n) is 12.9. The predicted octanol–water partition coefficient (Wildman–Crippen LogP) is 16.6. The lowest BCUT2D eigenvalue weighted by Crippen LogP contribution is -2.44. The van der Waals surface area contributed by atoms with Crippen molar-refractivity contribution >= 4 is 17.9 Å². The Hall–Kier alpha value is -3.53. The number of rotatable bonds is 55. The van der Waals surface area contributed by atoms with Crippen LogP contribution in [0.2, 0.25) is 0 Å². The summed E-state index contributed by atoms with van der Waals surface area (Å²) < 4.78 is 22.7. The van der Waals surface area contributed by atoms with Gasteiger partial charge < -0.3 is 33.3 Å². The second-order valence-corrected chi connectivity index (χ2v) is 21.3. The van der Waals surface area contributed by atoms with Crippen LogP contribution in [0.3, 0.4) is 0 Å². The van der Waals surface area contributed by atoms with Crippen LogP contribution in [-0.2, 0) is 33.3 Å². The van der Waals surface area contributed by atoms with Gasteiger partial charge in [0.05, 0.1) is 40.3 Å². The molecule has 0 aliphatic heterocycles. The van der Waals surface area contributed by atoms with Crippen molar-refractivity contribution in [1.82, 2.24) is 0 Å². The molecule has 426 valence electrons. The standard InChI is InChI=1S/C65H113NO8/c1-6-8-10-12-14-16-18-20-22-24-25-26-27-28-29-30-31-32-33-34-35-36-37-38-39-40-42-44-46-48-50-52-54-56-63(68)74-61(60-73-65(64(69)70)71-58-57-66(3,4)5)59-72-62(67)55-53-51-49-47-45-43-41-23-21-19-17-15-13-11-9-7-2/h8,10,14,16-17,19-20,22-23,25-26,28-29,41,61,65H,6-7,9,11-13,15,18,21,24,27,30-40,42-60H2,1-5H3/b10-8-,16-14-,19-17-,22-20-,26-25-,29-28-,41-23-. The summed E-state index contributed by atoms with van der Waals surface area (Å²) in [5.41, 5.74) is 0. The van der Waals surface area contributed by atoms with E-state index in [1.807, 2.05) is 21.1 Å². The number of nitrogens with zero attached hydrogens (tertiary/aromatic N) is 1. The van der Waals surface area contributed by atoms with Crippen molar-refractivity contribution < 1.29 is 42.9 Å². The van der Waals surface area contributed by atoms with Gasteiger partial charge in [0.15, 0.2) is 12.4 Å². The van der Waals surface area contributed by atoms with Gasteiger partial charge in [-0.1, -0.05) is 234 Å². The molecule has 0 radical (unpaired) electrons. The van der Waals surface area contributed by atoms with Gasteiger partial charge in [0.25, 0.3) is 0 Å². The Labute approximate surface area is 455 Å². The number of ether oxygens (including phenoxy) is 4. The maximum absolute atomic E-state index is 12.9. The van der Waals surface area contributed by atoms with E-state index in [9.17, 15) is 19.5 Å². The normalized spacial score (nSPS) is 13.4. The number of hydrogen-bond acceptors (Lipinski definition) is 8. The molecule has 0 bridgehead atoms. The molecule has 0 aromatic heterocycles. The van der Waals surface area contributed by atoms with E-state index in [-0.39, 0.29) is 38.6 Å². The molecule has 0 saturated heterocycles. The molecule has 2 unspecified atom stereocenters. The second-order valence-electron chi connectivity index (χ2n) is 21.3. The Morgan fingerprint density at radius 3 is 1.15 bits per heavy atom. The number of carboxylic acid groups (broad SMARTS) is 1. The molecule has 0 spiro atoms. The van der Waals surface area contributed by atoms with Crippen LogP contribution in [0.4, 0.5) is 0 Å². The highest BCUT2D eigenvalue weighted by molar-refractivity contribution is 5.70. The SMILES string of the molecule is CC/C=C\C/C=C\C/C=C\C/C=C\C/C=C\CCCCCCCCCCCCCCCCCCCC(=O)OC(COC(=O)CCCCCCC/C=C\C/C=C\CCCCCC)COC(OCC[N+](C)(C)C)C(=O)[O-]. The van der Waals surface area contributed by atoms with E-state index in [1.54, 1.807) is 0 Å². The number of aliphatic carboxylic acids is 1. The summed E-state index contributed by atoms with van der Waals surface area (Å²) in [7, 11) is 5.92. The first-order valence-corrected chi connectivity index (χ1v) is 30.2. The third kappa shape index (κ3) is 56.2. The molecule has 0 aliphatic rings. The van der Waals surface area contributed by atoms with Crippen molar-refractivity contribution in [1.29, 1.82) is 0 Å². The second kappa shape index (κ2) is 55.7. The van der Waals surface area contributed by atoms with Crippen LogP contribution < -0.4 is 5.11 Å². The molecule has 0 amide bonds. The molecule has 0 N–H and O–H groups in total. The van der Waals surface area contributed by atoms with Gasteiger partial charge in [-0.15, -0.1) is 0 Å². The lowest BCUT2D eigenvalue weighted by atomic mass is 10.0. The molecule has 0 saturated carbocycles. The third-order valence-corrected chi connectivity index (χ3v) is 12.9. The molecule has 2 atom stereocenters. The Morgan fingerprint density at radius 2 is 0.770 bits per heavy atom. The molecule has 0 aromatic carbocycles. The van der Waals surface area contributed by atoms with Crippen LogP contribution in [-0.4, -0.2) is 82.3 Å². The van der Waals surface area contributed by atoms with Gasteiger partial charge in [0.2, 0.25) is 0 Å². The number of quaternary nitrogens is 1. The zero-order chi connectivity index (χ0) is 54.1. The first kappa shape index (κ1) is 70.5. The number of carbonyl (C=O) groups excluding carboxylic acids is 3. The molecule has 9 nitrogen and oxygen atoms in total. The van der Waals surface area contributed by atoms with Gasteiger partial charge in [-0.25, -0.2) is 0 Å². The molecule has 9 heteroatoms. The van der Waals surface area contributed by atoms with E-state index in [0.717, 1.165) is 96.3 Å². The average molecular weight is 1040 g/mol. The lowest BCUT2D eigenvalue weighted by molar-refractivity contribution is -0.870. The van der Waals surface area contributed by atoms with Crippen molar-refractivity contribution in [3.8, 4) is 0 Å². The molecule has 0 rings (SSSR count). The van der Waals surface area contributed by atoms with Crippen molar-refractivity contribution in [2.75, 3.05) is 47.5 Å². The molecular formula is C65H113NO8. The fraction of sp³-hybridized carbons (Fsp3) is 0.738. The topological polar surface area (TPSA) is 111 Å². The Balaban J connectivity index is 4.13. The van der Waals surface area contributed by atoms with Gasteiger partial charge in [0.1, 0.15) is 13.2 Å². The summed E-state index contributed by atoms with van der Waals surface area (Å²) >= 11 is 0. The van der Waals surface area contributed by atoms with Gasteiger partial charge >= 0.3 is 11.9 Å². The monoisotopic (exact) mass is 1040 g/mol. The predicted molar refractivity (Wildman–Crippen MR) is 311 cm³/mol. The van der Waals surface area contributed by atoms with E-state index in [1.165, 1.54) is 122 Å². The van der Waals surface area contributed by atoms with Crippen LogP contribution in [0.1, 0.15) is 251 Å². The van der Waals surface area contributed by atoms with Crippen LogP contribution in [0.25, 0.3) is 0 Å². The molecule has 0 aliphatic carbocycles. The van der Waals surface area contributed by atoms with E-state index in [0.29, 0.717) is 17.4 Å². The van der Waals surface area contributed by atoms with Gasteiger partial charge in [-0.3, -0.25) is 9.59 Å². The Bertz CT molecular complexity index is 1490. The van der Waals surface area contributed by atoms with E-state index in [4.69, 9.17) is 18.9 Å². The summed E-state index contributed by atoms with van der Waals surface area (Å²) in [4.78, 5) is 37.3. The minimum atomic E-state index is -1.63. The molecule has 74 heavy (non-hydrogen) atoms. The van der Waals surface area contributed by atoms with Gasteiger partial charge in [0, 0.05) is 12.8 Å². The van der Waals surface area contributed by atoms with Gasteiger partial charge in [-0.05, 0) is 89.9 Å². The minimum absolute atomic E-state index is 0.143. The molecule has 0 aromatic rings. The minimum Gasteiger partial charge on any atom is -0.545 e. The number of likely N-dealkylation sites (N-methyl/N-ethyl adjacent to an activating group) is 1. The summed E-state index contributed by atoms with van der Waals surface area (Å²) in [6, 6.07) is 0. The van der Waals surface area contributed by atoms with E-state index < -0.39 is 24.3 Å². The van der Waals surface area contributed by atoms with Crippen LogP contribution in [0.15, 0.2) is 85.1 Å². The fourth-order valence-electron chi connectivity index (χ4n) is 8.24. The van der Waals surface area contributed by atoms with Crippen molar-refractivity contribution in [3.63, 3.8) is 0 Å². The summed E-state index contributed by atoms with van der Waals surface area (Å²) in [6.45, 7) is 4.61. The number of unbranched alkanes of at least 4 members (excludes halogenated alkanes) is 26. The fourth-order valence-corrected chi connectivity index (χ4v) is 8.24. The number of esters is 2.